The monoisotopic (exact) mass is 235 g/mol. The molecule has 1 unspecified atom stereocenters. The molecule has 0 saturated heterocycles. The van der Waals surface area contributed by atoms with Gasteiger partial charge < -0.3 is 0 Å². The van der Waals surface area contributed by atoms with Crippen LogP contribution in [0.4, 0.5) is 0 Å². The van der Waals surface area contributed by atoms with E-state index < -0.39 is 0 Å². The van der Waals surface area contributed by atoms with Crippen LogP contribution in [0.25, 0.3) is 0 Å². The number of allylic oxidation sites excluding steroid dienone is 3. The lowest BCUT2D eigenvalue weighted by Gasteiger charge is -2.12. The summed E-state index contributed by atoms with van der Waals surface area (Å²) >= 11 is 0. The van der Waals surface area contributed by atoms with E-state index in [0.717, 1.165) is 24.6 Å². The first-order valence-corrected chi connectivity index (χ1v) is 6.84. The molecule has 0 aromatic carbocycles. The summed E-state index contributed by atoms with van der Waals surface area (Å²) in [6.45, 7) is 13.9. The van der Waals surface area contributed by atoms with E-state index in [0.29, 0.717) is 0 Å². The highest BCUT2D eigenvalue weighted by molar-refractivity contribution is 5.79. The number of hydrogen-bond acceptors (Lipinski definition) is 1. The smallest absolute Gasteiger partial charge is 0.0601 e. The largest absolute Gasteiger partial charge is 0.290 e. The summed E-state index contributed by atoms with van der Waals surface area (Å²) in [7, 11) is 0. The van der Waals surface area contributed by atoms with E-state index in [1.165, 1.54) is 24.0 Å². The Bertz CT molecular complexity index is 291. The molecule has 0 radical (unpaired) electrons. The number of nitrogens with zero attached hydrogens (tertiary/aromatic N) is 1. The van der Waals surface area contributed by atoms with Crippen LogP contribution in [0.3, 0.4) is 0 Å². The first kappa shape index (κ1) is 16.1. The maximum Gasteiger partial charge on any atom is 0.0601 e. The van der Waals surface area contributed by atoms with E-state index in [4.69, 9.17) is 0 Å². The Kier molecular flexibility index (Phi) is 8.75. The van der Waals surface area contributed by atoms with Crippen molar-refractivity contribution >= 4 is 5.71 Å². The van der Waals surface area contributed by atoms with Gasteiger partial charge in [0, 0.05) is 5.71 Å². The summed E-state index contributed by atoms with van der Waals surface area (Å²) in [6, 6.07) is 0. The summed E-state index contributed by atoms with van der Waals surface area (Å²) in [4.78, 5) is 4.51. The Labute approximate surface area is 108 Å². The van der Waals surface area contributed by atoms with Gasteiger partial charge >= 0.3 is 0 Å². The summed E-state index contributed by atoms with van der Waals surface area (Å²) in [5.41, 5.74) is 4.05. The third-order valence-corrected chi connectivity index (χ3v) is 3.00. The number of hydrogen-bond donors (Lipinski definition) is 0. The van der Waals surface area contributed by atoms with Gasteiger partial charge in [-0.15, -0.1) is 0 Å². The molecular formula is C16H29N. The zero-order valence-electron chi connectivity index (χ0n) is 12.5. The van der Waals surface area contributed by atoms with Gasteiger partial charge in [0.1, 0.15) is 0 Å². The molecule has 0 aliphatic carbocycles. The van der Waals surface area contributed by atoms with Crippen molar-refractivity contribution in [2.24, 2.45) is 10.9 Å². The molecule has 0 heterocycles. The normalized spacial score (nSPS) is 14.7. The molecule has 0 aromatic heterocycles. The van der Waals surface area contributed by atoms with Gasteiger partial charge in [-0.3, -0.25) is 4.99 Å². The molecule has 0 N–H and O–H groups in total. The Morgan fingerprint density at radius 1 is 1.18 bits per heavy atom. The fraction of sp³-hybridized carbons (Fsp3) is 0.688. The van der Waals surface area contributed by atoms with Crippen LogP contribution >= 0.6 is 0 Å². The summed E-state index contributed by atoms with van der Waals surface area (Å²) in [5, 5.41) is 0. The lowest BCUT2D eigenvalue weighted by Crippen LogP contribution is -1.99. The van der Waals surface area contributed by atoms with Crippen LogP contribution in [-0.4, -0.2) is 12.3 Å². The Morgan fingerprint density at radius 2 is 1.82 bits per heavy atom. The van der Waals surface area contributed by atoms with Crippen molar-refractivity contribution in [1.82, 2.24) is 0 Å². The Hall–Kier alpha value is -0.850. The van der Waals surface area contributed by atoms with E-state index >= 15 is 0 Å². The van der Waals surface area contributed by atoms with Crippen molar-refractivity contribution in [2.45, 2.75) is 60.8 Å². The first-order valence-electron chi connectivity index (χ1n) is 6.84. The molecule has 0 fully saturated rings. The molecule has 0 aliphatic heterocycles. The van der Waals surface area contributed by atoms with Gasteiger partial charge in [-0.25, -0.2) is 0 Å². The second-order valence-corrected chi connectivity index (χ2v) is 5.10. The molecule has 98 valence electrons. The highest BCUT2D eigenvalue weighted by atomic mass is 14.7. The van der Waals surface area contributed by atoms with Crippen LogP contribution < -0.4 is 0 Å². The minimum atomic E-state index is 0.758. The summed E-state index contributed by atoms with van der Waals surface area (Å²) in [6.07, 6.45) is 8.07. The maximum atomic E-state index is 4.51. The van der Waals surface area contributed by atoms with Crippen molar-refractivity contribution in [1.29, 1.82) is 0 Å². The Morgan fingerprint density at radius 3 is 2.29 bits per heavy atom. The first-order chi connectivity index (χ1) is 8.01. The van der Waals surface area contributed by atoms with E-state index in [1.54, 1.807) is 0 Å². The molecule has 17 heavy (non-hydrogen) atoms. The second-order valence-electron chi connectivity index (χ2n) is 5.10. The summed E-state index contributed by atoms with van der Waals surface area (Å²) < 4.78 is 0. The van der Waals surface area contributed by atoms with Crippen LogP contribution in [-0.2, 0) is 0 Å². The van der Waals surface area contributed by atoms with Crippen molar-refractivity contribution in [3.8, 4) is 0 Å². The molecule has 1 nitrogen and oxygen atoms in total. The van der Waals surface area contributed by atoms with Gasteiger partial charge in [0.2, 0.25) is 0 Å². The van der Waals surface area contributed by atoms with Crippen LogP contribution in [0, 0.1) is 5.92 Å². The van der Waals surface area contributed by atoms with Crippen LogP contribution in [0.15, 0.2) is 28.3 Å². The molecule has 0 aliphatic rings. The van der Waals surface area contributed by atoms with Gasteiger partial charge in [0.05, 0.1) is 6.54 Å². The predicted molar refractivity (Wildman–Crippen MR) is 79.9 cm³/mol. The van der Waals surface area contributed by atoms with E-state index in [2.05, 4.69) is 58.7 Å². The maximum absolute atomic E-state index is 4.51. The van der Waals surface area contributed by atoms with Gasteiger partial charge in [-0.2, -0.15) is 0 Å². The third kappa shape index (κ3) is 7.95. The number of rotatable bonds is 7. The van der Waals surface area contributed by atoms with Crippen LogP contribution in [0.2, 0.25) is 0 Å². The van der Waals surface area contributed by atoms with Gasteiger partial charge in [0.15, 0.2) is 0 Å². The number of aliphatic imine (C=N–C) groups is 1. The molecule has 0 aromatic rings. The fourth-order valence-electron chi connectivity index (χ4n) is 1.54. The second kappa shape index (κ2) is 9.21. The van der Waals surface area contributed by atoms with Crippen molar-refractivity contribution in [3.05, 3.63) is 23.3 Å². The average molecular weight is 235 g/mol. The fourth-order valence-corrected chi connectivity index (χ4v) is 1.54. The minimum Gasteiger partial charge on any atom is -0.290 e. The molecule has 0 rings (SSSR count). The zero-order chi connectivity index (χ0) is 13.3. The highest BCUT2D eigenvalue weighted by Crippen LogP contribution is 2.19. The average Bonchev–Trinajstić information content (AvgIpc) is 2.30. The van der Waals surface area contributed by atoms with Gasteiger partial charge in [-0.05, 0) is 50.7 Å². The molecule has 1 heteroatoms. The van der Waals surface area contributed by atoms with Gasteiger partial charge in [-0.1, -0.05) is 39.3 Å². The summed E-state index contributed by atoms with van der Waals surface area (Å²) in [5.74, 6) is 0.758. The highest BCUT2D eigenvalue weighted by Gasteiger charge is 2.04. The zero-order valence-corrected chi connectivity index (χ0v) is 12.5. The van der Waals surface area contributed by atoms with Crippen molar-refractivity contribution in [3.63, 3.8) is 0 Å². The van der Waals surface area contributed by atoms with Crippen molar-refractivity contribution in [2.75, 3.05) is 6.54 Å². The molecule has 0 spiro atoms. The predicted octanol–water partition coefficient (Wildman–Crippen LogP) is 5.19. The van der Waals surface area contributed by atoms with Crippen LogP contribution in [0.5, 0.6) is 0 Å². The lowest BCUT2D eigenvalue weighted by atomic mass is 9.95. The van der Waals surface area contributed by atoms with Crippen LogP contribution in [0.1, 0.15) is 60.8 Å². The van der Waals surface area contributed by atoms with E-state index in [1.807, 2.05) is 0 Å². The minimum absolute atomic E-state index is 0.758. The SMILES string of the molecule is CCC=C/C(CC(C)CC)=C(/C)CN=C(C)C. The van der Waals surface area contributed by atoms with Crippen molar-refractivity contribution < 1.29 is 0 Å². The molecule has 0 amide bonds. The molecule has 0 saturated carbocycles. The van der Waals surface area contributed by atoms with E-state index in [-0.39, 0.29) is 0 Å². The third-order valence-electron chi connectivity index (χ3n) is 3.00. The molecule has 0 bridgehead atoms. The molecular weight excluding hydrogens is 206 g/mol. The topological polar surface area (TPSA) is 12.4 Å². The van der Waals surface area contributed by atoms with E-state index in [9.17, 15) is 0 Å². The Balaban J connectivity index is 4.79. The lowest BCUT2D eigenvalue weighted by molar-refractivity contribution is 0.559. The molecule has 1 atom stereocenters. The quantitative estimate of drug-likeness (QED) is 0.425. The standard InChI is InChI=1S/C16H29N/c1-7-9-10-16(11-14(5)8-2)15(6)12-17-13(3)4/h9-10,14H,7-8,11-12H2,1-6H3/b10-9?,16-15+. The van der Waals surface area contributed by atoms with Gasteiger partial charge in [0.25, 0.3) is 0 Å².